The number of halogens is 7. The summed E-state index contributed by atoms with van der Waals surface area (Å²) >= 11 is 0. The number of carbonyl (C=O) groups is 1. The zero-order chi connectivity index (χ0) is 13.2. The second-order valence-corrected chi connectivity index (χ2v) is 2.85. The Morgan fingerprint density at radius 2 is 1.50 bits per heavy atom. The lowest BCUT2D eigenvalue weighted by molar-refractivity contribution is -0.355. The number of carbonyl (C=O) groups excluding carboxylic acids is 1. The summed E-state index contributed by atoms with van der Waals surface area (Å²) in [6.45, 7) is 0. The van der Waals surface area contributed by atoms with Gasteiger partial charge in [-0.1, -0.05) is 0 Å². The molecule has 0 bridgehead atoms. The molecule has 0 saturated heterocycles. The minimum atomic E-state index is -6.37. The van der Waals surface area contributed by atoms with Crippen LogP contribution in [0.1, 0.15) is 12.8 Å². The highest BCUT2D eigenvalue weighted by molar-refractivity contribution is 5.69. The number of esters is 1. The molecule has 2 nitrogen and oxygen atoms in total. The molecule has 0 aromatic carbocycles. The van der Waals surface area contributed by atoms with E-state index in [0.29, 0.717) is 0 Å². The Balaban J connectivity index is 4.72. The van der Waals surface area contributed by atoms with Crippen LogP contribution in [-0.2, 0) is 9.53 Å². The van der Waals surface area contributed by atoms with Crippen molar-refractivity contribution < 1.29 is 40.3 Å². The highest BCUT2D eigenvalue weighted by atomic mass is 19.4. The standard InChI is InChI=1S/C7H7F7O2/c1-16-4(15)2-3-5(8,9)6(10,11)7(12,13)14/h2-3H2,1H3. The molecular weight excluding hydrogens is 249 g/mol. The fraction of sp³-hybridized carbons (Fsp3) is 0.857. The van der Waals surface area contributed by atoms with E-state index in [1.54, 1.807) is 0 Å². The minimum Gasteiger partial charge on any atom is -0.469 e. The van der Waals surface area contributed by atoms with E-state index in [1.807, 2.05) is 0 Å². The number of ether oxygens (including phenoxy) is 1. The molecule has 0 fully saturated rings. The van der Waals surface area contributed by atoms with Gasteiger partial charge in [-0.2, -0.15) is 30.7 Å². The van der Waals surface area contributed by atoms with Gasteiger partial charge in [0.15, 0.2) is 0 Å². The van der Waals surface area contributed by atoms with Gasteiger partial charge in [0.25, 0.3) is 0 Å². The lowest BCUT2D eigenvalue weighted by Crippen LogP contribution is -2.52. The predicted molar refractivity (Wildman–Crippen MR) is 37.2 cm³/mol. The molecule has 96 valence electrons. The molecule has 0 N–H and O–H groups in total. The summed E-state index contributed by atoms with van der Waals surface area (Å²) in [5.74, 6) is -12.8. The van der Waals surface area contributed by atoms with Crippen molar-refractivity contribution in [3.05, 3.63) is 0 Å². The van der Waals surface area contributed by atoms with Crippen LogP contribution in [0.15, 0.2) is 0 Å². The topological polar surface area (TPSA) is 26.3 Å². The maximum atomic E-state index is 12.5. The van der Waals surface area contributed by atoms with Crippen molar-refractivity contribution in [3.8, 4) is 0 Å². The van der Waals surface area contributed by atoms with Crippen molar-refractivity contribution in [3.63, 3.8) is 0 Å². The molecule has 0 aliphatic heterocycles. The normalized spacial score (nSPS) is 13.8. The second kappa shape index (κ2) is 4.46. The zero-order valence-electron chi connectivity index (χ0n) is 7.88. The van der Waals surface area contributed by atoms with Crippen LogP contribution < -0.4 is 0 Å². The third-order valence-corrected chi connectivity index (χ3v) is 1.69. The van der Waals surface area contributed by atoms with Gasteiger partial charge >= 0.3 is 24.0 Å². The second-order valence-electron chi connectivity index (χ2n) is 2.85. The van der Waals surface area contributed by atoms with Crippen molar-refractivity contribution in [2.75, 3.05) is 7.11 Å². The third kappa shape index (κ3) is 2.99. The fourth-order valence-electron chi connectivity index (χ4n) is 0.725. The summed E-state index contributed by atoms with van der Waals surface area (Å²) in [6.07, 6.45) is -9.53. The van der Waals surface area contributed by atoms with E-state index in [1.165, 1.54) is 0 Å². The Morgan fingerprint density at radius 1 is 1.06 bits per heavy atom. The maximum Gasteiger partial charge on any atom is 0.459 e. The van der Waals surface area contributed by atoms with Crippen LogP contribution in [0.5, 0.6) is 0 Å². The summed E-state index contributed by atoms with van der Waals surface area (Å²) in [5.41, 5.74) is 0. The Kier molecular flexibility index (Phi) is 4.18. The Hall–Kier alpha value is -1.02. The number of hydrogen-bond acceptors (Lipinski definition) is 2. The quantitative estimate of drug-likeness (QED) is 0.571. The van der Waals surface area contributed by atoms with Crippen molar-refractivity contribution in [1.29, 1.82) is 0 Å². The van der Waals surface area contributed by atoms with Crippen LogP contribution in [0.4, 0.5) is 30.7 Å². The van der Waals surface area contributed by atoms with Gasteiger partial charge in [0, 0.05) is 6.42 Å². The highest BCUT2D eigenvalue weighted by Crippen LogP contribution is 2.48. The first kappa shape index (κ1) is 15.0. The number of alkyl halides is 7. The van der Waals surface area contributed by atoms with Crippen LogP contribution in [0.3, 0.4) is 0 Å². The van der Waals surface area contributed by atoms with Crippen molar-refractivity contribution in [1.82, 2.24) is 0 Å². The Labute approximate surface area is 85.4 Å². The molecule has 0 rings (SSSR count). The minimum absolute atomic E-state index is 0.794. The summed E-state index contributed by atoms with van der Waals surface area (Å²) < 4.78 is 88.1. The average Bonchev–Trinajstić information content (AvgIpc) is 2.12. The highest BCUT2D eigenvalue weighted by Gasteiger charge is 2.72. The largest absolute Gasteiger partial charge is 0.469 e. The van der Waals surface area contributed by atoms with Crippen LogP contribution in [0.2, 0.25) is 0 Å². The van der Waals surface area contributed by atoms with Gasteiger partial charge in [-0.3, -0.25) is 4.79 Å². The first-order valence-electron chi connectivity index (χ1n) is 3.85. The summed E-state index contributed by atoms with van der Waals surface area (Å²) in [6, 6.07) is 0. The monoisotopic (exact) mass is 256 g/mol. The van der Waals surface area contributed by atoms with Gasteiger partial charge in [-0.15, -0.1) is 0 Å². The predicted octanol–water partition coefficient (Wildman–Crippen LogP) is 2.77. The van der Waals surface area contributed by atoms with Crippen LogP contribution in [-0.4, -0.2) is 31.1 Å². The van der Waals surface area contributed by atoms with Crippen molar-refractivity contribution in [2.45, 2.75) is 30.9 Å². The molecule has 9 heteroatoms. The molecule has 0 aromatic rings. The molecule has 0 aromatic heterocycles. The van der Waals surface area contributed by atoms with Gasteiger partial charge in [-0.25, -0.2) is 0 Å². The fourth-order valence-corrected chi connectivity index (χ4v) is 0.725. The molecule has 0 aliphatic rings. The maximum absolute atomic E-state index is 12.5. The number of methoxy groups -OCH3 is 1. The molecule has 0 atom stereocenters. The van der Waals surface area contributed by atoms with Gasteiger partial charge in [-0.05, 0) is 0 Å². The molecule has 0 saturated carbocycles. The Bertz CT molecular complexity index is 258. The molecule has 16 heavy (non-hydrogen) atoms. The number of rotatable bonds is 4. The molecule has 0 spiro atoms. The van der Waals surface area contributed by atoms with E-state index in [-0.39, 0.29) is 0 Å². The lowest BCUT2D eigenvalue weighted by atomic mass is 10.1. The summed E-state index contributed by atoms with van der Waals surface area (Å²) in [5, 5.41) is 0. The lowest BCUT2D eigenvalue weighted by Gasteiger charge is -2.27. The van der Waals surface area contributed by atoms with Crippen molar-refractivity contribution in [2.24, 2.45) is 0 Å². The number of hydrogen-bond donors (Lipinski definition) is 0. The van der Waals surface area contributed by atoms with Gasteiger partial charge in [0.1, 0.15) is 0 Å². The first-order chi connectivity index (χ1) is 6.95. The molecule has 0 radical (unpaired) electrons. The molecule has 0 heterocycles. The summed E-state index contributed by atoms with van der Waals surface area (Å²) in [7, 11) is 0.794. The van der Waals surface area contributed by atoms with Crippen LogP contribution in [0, 0.1) is 0 Å². The van der Waals surface area contributed by atoms with Gasteiger partial charge in [0.05, 0.1) is 13.5 Å². The van der Waals surface area contributed by atoms with E-state index < -0.39 is 36.8 Å². The van der Waals surface area contributed by atoms with E-state index in [9.17, 15) is 35.5 Å². The zero-order valence-corrected chi connectivity index (χ0v) is 7.88. The first-order valence-corrected chi connectivity index (χ1v) is 3.85. The van der Waals surface area contributed by atoms with Crippen LogP contribution >= 0.6 is 0 Å². The van der Waals surface area contributed by atoms with Crippen molar-refractivity contribution >= 4 is 5.97 Å². The van der Waals surface area contributed by atoms with E-state index in [4.69, 9.17) is 0 Å². The van der Waals surface area contributed by atoms with E-state index in [2.05, 4.69) is 4.74 Å². The van der Waals surface area contributed by atoms with E-state index in [0.717, 1.165) is 7.11 Å². The van der Waals surface area contributed by atoms with E-state index >= 15 is 0 Å². The Morgan fingerprint density at radius 3 is 1.81 bits per heavy atom. The van der Waals surface area contributed by atoms with Crippen LogP contribution in [0.25, 0.3) is 0 Å². The van der Waals surface area contributed by atoms with Gasteiger partial charge in [0.2, 0.25) is 0 Å². The molecular formula is C7H7F7O2. The smallest absolute Gasteiger partial charge is 0.459 e. The summed E-state index contributed by atoms with van der Waals surface area (Å²) in [4.78, 5) is 10.4. The third-order valence-electron chi connectivity index (χ3n) is 1.69. The average molecular weight is 256 g/mol. The van der Waals surface area contributed by atoms with Gasteiger partial charge < -0.3 is 4.74 Å². The molecule has 0 aliphatic carbocycles. The molecule has 0 unspecified atom stereocenters. The SMILES string of the molecule is COC(=O)CCC(F)(F)C(F)(F)C(F)(F)F. The molecule has 0 amide bonds.